The first-order valence-electron chi connectivity index (χ1n) is 9.03. The minimum Gasteiger partial charge on any atom is -0.508 e. The lowest BCUT2D eigenvalue weighted by molar-refractivity contribution is 0.413. The number of nitrogens with one attached hydrogen (secondary N) is 1. The van der Waals surface area contributed by atoms with Gasteiger partial charge in [-0.15, -0.1) is 0 Å². The van der Waals surface area contributed by atoms with Crippen LogP contribution >= 0.6 is 11.6 Å². The van der Waals surface area contributed by atoms with Gasteiger partial charge in [0.05, 0.1) is 0 Å². The number of aliphatic imine (C=N–C) groups is 1. The summed E-state index contributed by atoms with van der Waals surface area (Å²) in [6, 6.07) is 23.6. The number of hydrogen-bond donors (Lipinski definition) is 2. The smallest absolute Gasteiger partial charge is 0.126 e. The lowest BCUT2D eigenvalue weighted by atomic mass is 9.93. The SMILES string of the molecule is Cc1ccc(C2=N[C@@H](c3ccc(Cl)cc3)N[C@@H](c3ccccc3O)C2)cc1. The van der Waals surface area contributed by atoms with Crippen LogP contribution in [0.3, 0.4) is 0 Å². The summed E-state index contributed by atoms with van der Waals surface area (Å²) in [5.74, 6) is 0.301. The van der Waals surface area contributed by atoms with Gasteiger partial charge < -0.3 is 5.11 Å². The summed E-state index contributed by atoms with van der Waals surface area (Å²) in [6.45, 7) is 2.08. The van der Waals surface area contributed by atoms with Crippen molar-refractivity contribution in [1.82, 2.24) is 5.32 Å². The van der Waals surface area contributed by atoms with E-state index in [-0.39, 0.29) is 12.2 Å². The largest absolute Gasteiger partial charge is 0.508 e. The molecule has 0 aromatic heterocycles. The van der Waals surface area contributed by atoms with E-state index in [9.17, 15) is 5.11 Å². The topological polar surface area (TPSA) is 44.6 Å². The van der Waals surface area contributed by atoms with Crippen LogP contribution in [-0.2, 0) is 0 Å². The van der Waals surface area contributed by atoms with Crippen LogP contribution in [-0.4, -0.2) is 10.8 Å². The summed E-state index contributed by atoms with van der Waals surface area (Å²) in [5.41, 5.74) is 5.29. The van der Waals surface area contributed by atoms with Crippen molar-refractivity contribution in [3.63, 3.8) is 0 Å². The maximum atomic E-state index is 10.4. The zero-order chi connectivity index (χ0) is 18.8. The number of aryl methyl sites for hydroxylation is 1. The van der Waals surface area contributed by atoms with E-state index in [4.69, 9.17) is 16.6 Å². The third-order valence-corrected chi connectivity index (χ3v) is 5.18. The molecule has 0 amide bonds. The van der Waals surface area contributed by atoms with Crippen LogP contribution in [0.15, 0.2) is 77.8 Å². The zero-order valence-electron chi connectivity index (χ0n) is 15.1. The number of para-hydroxylation sites is 1. The zero-order valence-corrected chi connectivity index (χ0v) is 15.8. The molecule has 0 radical (unpaired) electrons. The molecule has 1 heterocycles. The van der Waals surface area contributed by atoms with Crippen molar-refractivity contribution >= 4 is 17.3 Å². The van der Waals surface area contributed by atoms with E-state index in [1.54, 1.807) is 6.07 Å². The number of phenolic OH excluding ortho intramolecular Hbond substituents is 1. The van der Waals surface area contributed by atoms with Crippen molar-refractivity contribution in [3.8, 4) is 5.75 Å². The van der Waals surface area contributed by atoms with Gasteiger partial charge in [0, 0.05) is 28.8 Å². The number of aromatic hydroxyl groups is 1. The molecule has 0 bridgehead atoms. The third-order valence-electron chi connectivity index (χ3n) is 4.92. The fourth-order valence-corrected chi connectivity index (χ4v) is 3.55. The molecular weight excluding hydrogens is 356 g/mol. The van der Waals surface area contributed by atoms with Crippen LogP contribution in [0.25, 0.3) is 0 Å². The van der Waals surface area contributed by atoms with Crippen molar-refractivity contribution in [2.75, 3.05) is 0 Å². The molecule has 0 spiro atoms. The molecule has 3 aromatic carbocycles. The highest BCUT2D eigenvalue weighted by atomic mass is 35.5. The summed E-state index contributed by atoms with van der Waals surface area (Å²) in [6.07, 6.45) is 0.516. The Labute approximate surface area is 164 Å². The summed E-state index contributed by atoms with van der Waals surface area (Å²) < 4.78 is 0. The Balaban J connectivity index is 1.75. The van der Waals surface area contributed by atoms with Crippen molar-refractivity contribution in [3.05, 3.63) is 100 Å². The molecule has 27 heavy (non-hydrogen) atoms. The molecule has 4 heteroatoms. The number of hydrogen-bond acceptors (Lipinski definition) is 3. The summed E-state index contributed by atoms with van der Waals surface area (Å²) in [5, 5.41) is 14.6. The molecule has 136 valence electrons. The molecule has 0 fully saturated rings. The standard InChI is InChI=1S/C23H21ClN2O/c1-15-6-8-16(9-7-15)20-14-21(19-4-2-3-5-22(19)27)26-23(25-20)17-10-12-18(24)13-11-17/h2-13,21,23,26-27H,14H2,1H3/t21-,23-/m1/s1. The Morgan fingerprint density at radius 3 is 2.37 bits per heavy atom. The summed E-state index contributed by atoms with van der Waals surface area (Å²) in [4.78, 5) is 4.97. The number of rotatable bonds is 3. The normalized spacial score (nSPS) is 19.6. The number of halogens is 1. The highest BCUT2D eigenvalue weighted by Crippen LogP contribution is 2.34. The van der Waals surface area contributed by atoms with Crippen molar-refractivity contribution in [2.24, 2.45) is 4.99 Å². The maximum Gasteiger partial charge on any atom is 0.126 e. The van der Waals surface area contributed by atoms with Gasteiger partial charge in [-0.05, 0) is 36.2 Å². The van der Waals surface area contributed by atoms with Crippen molar-refractivity contribution < 1.29 is 5.11 Å². The summed E-state index contributed by atoms with van der Waals surface area (Å²) in [7, 11) is 0. The fourth-order valence-electron chi connectivity index (χ4n) is 3.42. The minimum absolute atomic E-state index is 0.0271. The van der Waals surface area contributed by atoms with Gasteiger partial charge in [-0.25, -0.2) is 0 Å². The summed E-state index contributed by atoms with van der Waals surface area (Å²) >= 11 is 6.05. The Bertz CT molecular complexity index is 964. The van der Waals surface area contributed by atoms with Crippen LogP contribution in [0.2, 0.25) is 5.02 Å². The van der Waals surface area contributed by atoms with Gasteiger partial charge in [-0.1, -0.05) is 71.8 Å². The minimum atomic E-state index is -0.197. The molecule has 2 N–H and O–H groups in total. The van der Waals surface area contributed by atoms with Gasteiger partial charge in [0.1, 0.15) is 11.9 Å². The van der Waals surface area contributed by atoms with E-state index in [2.05, 4.69) is 36.5 Å². The lowest BCUT2D eigenvalue weighted by Crippen LogP contribution is -2.33. The van der Waals surface area contributed by atoms with E-state index in [1.165, 1.54) is 5.56 Å². The molecule has 0 saturated heterocycles. The van der Waals surface area contributed by atoms with Gasteiger partial charge >= 0.3 is 0 Å². The second-order valence-corrected chi connectivity index (χ2v) is 7.31. The van der Waals surface area contributed by atoms with Gasteiger partial charge in [0.25, 0.3) is 0 Å². The second kappa shape index (κ2) is 7.55. The number of benzene rings is 3. The first kappa shape index (κ1) is 17.8. The predicted octanol–water partition coefficient (Wildman–Crippen LogP) is 5.58. The van der Waals surface area contributed by atoms with E-state index < -0.39 is 0 Å². The predicted molar refractivity (Wildman–Crippen MR) is 111 cm³/mol. The van der Waals surface area contributed by atoms with Crippen LogP contribution < -0.4 is 5.32 Å². The highest BCUT2D eigenvalue weighted by Gasteiger charge is 2.27. The monoisotopic (exact) mass is 376 g/mol. The van der Waals surface area contributed by atoms with Gasteiger partial charge in [-0.2, -0.15) is 0 Å². The fraction of sp³-hybridized carbons (Fsp3) is 0.174. The lowest BCUT2D eigenvalue weighted by Gasteiger charge is -2.31. The van der Waals surface area contributed by atoms with E-state index in [1.807, 2.05) is 42.5 Å². The average molecular weight is 377 g/mol. The Kier molecular flexibility index (Phi) is 4.97. The molecule has 0 aliphatic carbocycles. The Morgan fingerprint density at radius 1 is 0.963 bits per heavy atom. The van der Waals surface area contributed by atoms with Crippen LogP contribution in [0.1, 0.15) is 40.9 Å². The van der Waals surface area contributed by atoms with Gasteiger partial charge in [-0.3, -0.25) is 10.3 Å². The van der Waals surface area contributed by atoms with E-state index in [0.717, 1.165) is 22.4 Å². The second-order valence-electron chi connectivity index (χ2n) is 6.88. The molecule has 2 atom stereocenters. The molecule has 1 aliphatic heterocycles. The first-order chi connectivity index (χ1) is 13.1. The van der Waals surface area contributed by atoms with E-state index in [0.29, 0.717) is 17.2 Å². The maximum absolute atomic E-state index is 10.4. The molecule has 4 rings (SSSR count). The van der Waals surface area contributed by atoms with Crippen molar-refractivity contribution in [2.45, 2.75) is 25.6 Å². The highest BCUT2D eigenvalue weighted by molar-refractivity contribution is 6.30. The van der Waals surface area contributed by atoms with Crippen LogP contribution in [0.4, 0.5) is 0 Å². The van der Waals surface area contributed by atoms with Gasteiger partial charge in [0.15, 0.2) is 0 Å². The van der Waals surface area contributed by atoms with Crippen molar-refractivity contribution in [1.29, 1.82) is 0 Å². The number of phenols is 1. The molecule has 0 unspecified atom stereocenters. The molecular formula is C23H21ClN2O. The van der Waals surface area contributed by atoms with Crippen LogP contribution in [0, 0.1) is 6.92 Å². The Morgan fingerprint density at radius 2 is 1.67 bits per heavy atom. The average Bonchev–Trinajstić information content (AvgIpc) is 2.69. The quantitative estimate of drug-likeness (QED) is 0.627. The van der Waals surface area contributed by atoms with Crippen LogP contribution in [0.5, 0.6) is 5.75 Å². The molecule has 1 aliphatic rings. The molecule has 3 nitrogen and oxygen atoms in total. The van der Waals surface area contributed by atoms with E-state index >= 15 is 0 Å². The Hall–Kier alpha value is -2.62. The molecule has 3 aromatic rings. The van der Waals surface area contributed by atoms with Gasteiger partial charge in [0.2, 0.25) is 0 Å². The third kappa shape index (κ3) is 3.90. The first-order valence-corrected chi connectivity index (χ1v) is 9.41. The molecule has 0 saturated carbocycles. The number of nitrogens with zero attached hydrogens (tertiary/aromatic N) is 1.